The Bertz CT molecular complexity index is 1130. The first-order valence-corrected chi connectivity index (χ1v) is 37.2. The van der Waals surface area contributed by atoms with Gasteiger partial charge < -0.3 is 0 Å². The number of rotatable bonds is 4. The first-order chi connectivity index (χ1) is 17.9. The molecule has 0 aromatic rings. The van der Waals surface area contributed by atoms with Crippen LogP contribution in [0.5, 0.6) is 0 Å². The maximum atomic E-state index is 6.03. The van der Waals surface area contributed by atoms with Crippen LogP contribution in [0.2, 0.25) is 0 Å². The van der Waals surface area contributed by atoms with E-state index in [0.29, 0.717) is 0 Å². The molecule has 38 heavy (non-hydrogen) atoms. The molecule has 0 aromatic carbocycles. The molecule has 4 saturated heterocycles. The summed E-state index contributed by atoms with van der Waals surface area (Å²) >= 11 is 36.6. The molecule has 0 spiro atoms. The van der Waals surface area contributed by atoms with Gasteiger partial charge in [0.15, 0.2) is 0 Å². The number of nitrogens with zero attached hydrogens (tertiary/aromatic N) is 4. The third-order valence-electron chi connectivity index (χ3n) is 6.59. The van der Waals surface area contributed by atoms with E-state index in [4.69, 9.17) is 49.0 Å². The molecule has 0 aromatic heterocycles. The summed E-state index contributed by atoms with van der Waals surface area (Å²) in [7, 11) is 0. The molecule has 0 unspecified atom stereocenters. The van der Waals surface area contributed by atoms with Crippen LogP contribution >= 0.6 is 129 Å². The van der Waals surface area contributed by atoms with Gasteiger partial charge in [0.05, 0.1) is 0 Å². The molecule has 8 rings (SSSR count). The van der Waals surface area contributed by atoms with Gasteiger partial charge in [0.25, 0.3) is 0 Å². The SMILES string of the molecule is SP12(N3C=CC=CC3)SP3(S)(N4C=CC=CC4)SP(S)(N4C=CC=CC4)(S1)SP(S)(N1C=CC=CC1)(S2)S3. The standard InChI is InChI=1S/C20H28N4P4S10/c29-25(21-13-5-1-6-14-21)33-26(30,22-15-7-2-8-16-22)36-27(31,34-25,23-17-9-3-10-18-23)38-28(32,35-25,37-26)24-19-11-4-12-20-24/h1-13,15,17,19,29-32H,14,16,18,20H2. The first-order valence-electron chi connectivity index (χ1n) is 11.7. The first kappa shape index (κ1) is 29.1. The fraction of sp³-hybridized carbons (Fsp3) is 0.200. The van der Waals surface area contributed by atoms with E-state index in [9.17, 15) is 0 Å². The van der Waals surface area contributed by atoms with Crippen LogP contribution in [0.3, 0.4) is 0 Å². The molecule has 18 heteroatoms. The molecule has 4 bridgehead atoms. The Hall–Kier alpha value is 2.34. The van der Waals surface area contributed by atoms with E-state index in [1.807, 2.05) is 0 Å². The Morgan fingerprint density at radius 2 is 0.579 bits per heavy atom. The van der Waals surface area contributed by atoms with E-state index in [-0.39, 0.29) is 0 Å². The molecule has 8 aliphatic rings. The van der Waals surface area contributed by atoms with E-state index in [0.717, 1.165) is 26.2 Å². The molecule has 0 aliphatic carbocycles. The summed E-state index contributed by atoms with van der Waals surface area (Å²) in [6, 6.07) is 0. The van der Waals surface area contributed by atoms with Crippen molar-refractivity contribution in [2.45, 2.75) is 0 Å². The molecule has 208 valence electrons. The third-order valence-corrected chi connectivity index (χ3v) is 132. The molecule has 0 amide bonds. The van der Waals surface area contributed by atoms with Gasteiger partial charge in [-0.1, -0.05) is 0 Å². The fourth-order valence-corrected chi connectivity index (χ4v) is 308. The monoisotopic (exact) mass is 768 g/mol. The Kier molecular flexibility index (Phi) is 6.85. The fourth-order valence-electron chi connectivity index (χ4n) is 5.00. The number of allylic oxidation sites excluding steroid dienone is 8. The van der Waals surface area contributed by atoms with Crippen molar-refractivity contribution in [1.29, 1.82) is 0 Å². The summed E-state index contributed by atoms with van der Waals surface area (Å²) < 4.78 is -2.73. The van der Waals surface area contributed by atoms with E-state index in [2.05, 4.69) is 182 Å². The van der Waals surface area contributed by atoms with Crippen LogP contribution in [0.4, 0.5) is 0 Å². The van der Waals surface area contributed by atoms with E-state index < -0.39 is 14.2 Å². The van der Waals surface area contributed by atoms with Gasteiger partial charge in [-0.25, -0.2) is 0 Å². The predicted octanol–water partition coefficient (Wildman–Crippen LogP) is 12.2. The molecule has 0 saturated carbocycles. The second-order valence-corrected chi connectivity index (χ2v) is 83.5. The van der Waals surface area contributed by atoms with Crippen LogP contribution in [0.15, 0.2) is 97.7 Å². The van der Waals surface area contributed by atoms with Gasteiger partial charge in [0.2, 0.25) is 0 Å². The predicted molar refractivity (Wildman–Crippen MR) is 209 cm³/mol. The Morgan fingerprint density at radius 3 is 0.737 bits per heavy atom. The molecule has 4 fully saturated rings. The van der Waals surface area contributed by atoms with Crippen LogP contribution < -0.4 is 0 Å². The van der Waals surface area contributed by atoms with Gasteiger partial charge >= 0.3 is 272 Å². The van der Waals surface area contributed by atoms with Gasteiger partial charge in [0.1, 0.15) is 0 Å². The molecule has 8 heterocycles. The summed E-state index contributed by atoms with van der Waals surface area (Å²) in [6.07, 6.45) is 35.3. The second-order valence-electron chi connectivity index (χ2n) is 9.27. The number of hydrogen-bond donors (Lipinski definition) is 4. The topological polar surface area (TPSA) is 13.0 Å². The summed E-state index contributed by atoms with van der Waals surface area (Å²) in [5.41, 5.74) is 0. The molecule has 8 aliphatic heterocycles. The summed E-state index contributed by atoms with van der Waals surface area (Å²) in [5.74, 6) is 0. The van der Waals surface area contributed by atoms with Crippen LogP contribution in [-0.4, -0.2) is 44.9 Å². The maximum absolute atomic E-state index is 6.03. The van der Waals surface area contributed by atoms with Crippen LogP contribution in [0, 0.1) is 0 Å². The zero-order valence-corrected chi connectivity index (χ0v) is 31.9. The summed E-state index contributed by atoms with van der Waals surface area (Å²) in [4.78, 5) is 0. The average Bonchev–Trinajstić information content (AvgIpc) is 2.89. The van der Waals surface area contributed by atoms with Crippen molar-refractivity contribution in [2.24, 2.45) is 0 Å². The Balaban J connectivity index is 1.56. The zero-order chi connectivity index (χ0) is 26.5. The van der Waals surface area contributed by atoms with Crippen molar-refractivity contribution < 1.29 is 0 Å². The normalized spacial score (nSPS) is 38.2. The van der Waals surface area contributed by atoms with Gasteiger partial charge in [-0.3, -0.25) is 0 Å². The van der Waals surface area contributed by atoms with Crippen molar-refractivity contribution in [3.8, 4) is 0 Å². The van der Waals surface area contributed by atoms with Gasteiger partial charge in [-0.2, -0.15) is 0 Å². The molecule has 4 nitrogen and oxygen atoms in total. The third kappa shape index (κ3) is 4.09. The molecular weight excluding hydrogens is 741 g/mol. The van der Waals surface area contributed by atoms with Crippen molar-refractivity contribution in [2.75, 3.05) is 26.2 Å². The van der Waals surface area contributed by atoms with Gasteiger partial charge in [-0.05, 0) is 0 Å². The van der Waals surface area contributed by atoms with E-state index in [1.165, 1.54) is 0 Å². The summed E-state index contributed by atoms with van der Waals surface area (Å²) in [5, 5.41) is 0. The summed E-state index contributed by atoms with van der Waals surface area (Å²) in [6.45, 7) is 3.31. The van der Waals surface area contributed by atoms with Crippen LogP contribution in [-0.2, 0) is 0 Å². The quantitative estimate of drug-likeness (QED) is 0.162. The second kappa shape index (κ2) is 8.96. The van der Waals surface area contributed by atoms with E-state index >= 15 is 0 Å². The minimum atomic E-state index is -3.23. The Morgan fingerprint density at radius 1 is 0.368 bits per heavy atom. The zero-order valence-electron chi connectivity index (χ0n) is 19.9. The van der Waals surface area contributed by atoms with Crippen LogP contribution in [0.1, 0.15) is 0 Å². The molecule has 0 radical (unpaired) electrons. The van der Waals surface area contributed by atoms with Crippen molar-refractivity contribution >= 4 is 129 Å². The molecule has 0 atom stereocenters. The minimum absolute atomic E-state index is 0.826. The van der Waals surface area contributed by atoms with Crippen LogP contribution in [0.25, 0.3) is 0 Å². The molecular formula is C20H28N4P4S10. The average molecular weight is 769 g/mol. The number of hydrogen-bond acceptors (Lipinski definition) is 14. The molecule has 0 N–H and O–H groups in total. The van der Waals surface area contributed by atoms with E-state index in [1.54, 1.807) is 0 Å². The van der Waals surface area contributed by atoms with Crippen molar-refractivity contribution in [1.82, 2.24) is 18.7 Å². The van der Waals surface area contributed by atoms with Crippen molar-refractivity contribution in [3.05, 3.63) is 97.7 Å². The van der Waals surface area contributed by atoms with Gasteiger partial charge in [0, 0.05) is 0 Å². The Labute approximate surface area is 268 Å². The van der Waals surface area contributed by atoms with Crippen molar-refractivity contribution in [3.63, 3.8) is 0 Å². The number of thiol groups is 4. The van der Waals surface area contributed by atoms with Gasteiger partial charge in [-0.15, -0.1) is 0 Å².